The second-order valence-electron chi connectivity index (χ2n) is 6.97. The topological polar surface area (TPSA) is 105 Å². The fourth-order valence-electron chi connectivity index (χ4n) is 3.15. The van der Waals surface area contributed by atoms with Gasteiger partial charge in [0.15, 0.2) is 11.3 Å². The summed E-state index contributed by atoms with van der Waals surface area (Å²) in [6.07, 6.45) is 1.26. The molecule has 0 aliphatic carbocycles. The number of anilines is 1. The molecule has 1 amide bonds. The number of methoxy groups -OCH3 is 2. The first-order chi connectivity index (χ1) is 15.9. The number of benzene rings is 2. The molecule has 33 heavy (non-hydrogen) atoms. The summed E-state index contributed by atoms with van der Waals surface area (Å²) in [5.41, 5.74) is 1.62. The van der Waals surface area contributed by atoms with Crippen LogP contribution in [-0.4, -0.2) is 53.2 Å². The van der Waals surface area contributed by atoms with Crippen molar-refractivity contribution < 1.29 is 23.8 Å². The Hall–Kier alpha value is -3.53. The van der Waals surface area contributed by atoms with Crippen molar-refractivity contribution in [3.8, 4) is 17.2 Å². The zero-order valence-corrected chi connectivity index (χ0v) is 19.9. The van der Waals surface area contributed by atoms with E-state index in [0.29, 0.717) is 29.2 Å². The molecule has 0 spiro atoms. The number of aromatic nitrogens is 3. The second kappa shape index (κ2) is 10.9. The van der Waals surface area contributed by atoms with E-state index in [4.69, 9.17) is 14.2 Å². The van der Waals surface area contributed by atoms with Gasteiger partial charge in [0.25, 0.3) is 5.91 Å². The molecule has 174 valence electrons. The molecule has 0 radical (unpaired) electrons. The third-order valence-corrected chi connectivity index (χ3v) is 5.55. The number of ether oxygens (including phenoxy) is 3. The zero-order chi connectivity index (χ0) is 24.0. The van der Waals surface area contributed by atoms with Crippen LogP contribution < -0.4 is 14.8 Å². The molecule has 2 aromatic carbocycles. The molecule has 0 saturated carbocycles. The van der Waals surface area contributed by atoms with Crippen LogP contribution in [0.4, 0.5) is 5.69 Å². The Balaban J connectivity index is 1.70. The monoisotopic (exact) mass is 470 g/mol. The summed E-state index contributed by atoms with van der Waals surface area (Å²) in [6.45, 7) is 3.63. The van der Waals surface area contributed by atoms with E-state index in [1.165, 1.54) is 18.9 Å². The number of esters is 1. The Bertz CT molecular complexity index is 1130. The molecule has 3 rings (SSSR count). The Morgan fingerprint density at radius 3 is 2.42 bits per heavy atom. The number of carbonyl (C=O) groups excluding carboxylic acids is 2. The molecule has 1 unspecified atom stereocenters. The van der Waals surface area contributed by atoms with Crippen LogP contribution in [0.3, 0.4) is 0 Å². The van der Waals surface area contributed by atoms with Gasteiger partial charge < -0.3 is 19.5 Å². The van der Waals surface area contributed by atoms with Crippen molar-refractivity contribution in [2.75, 3.05) is 25.8 Å². The number of carbonyl (C=O) groups is 2. The van der Waals surface area contributed by atoms with Crippen LogP contribution in [0, 0.1) is 6.92 Å². The predicted octanol–water partition coefficient (Wildman–Crippen LogP) is 3.89. The van der Waals surface area contributed by atoms with Crippen molar-refractivity contribution in [3.63, 3.8) is 0 Å². The van der Waals surface area contributed by atoms with Gasteiger partial charge in [-0.2, -0.15) is 0 Å². The van der Waals surface area contributed by atoms with E-state index in [-0.39, 0.29) is 0 Å². The van der Waals surface area contributed by atoms with Crippen LogP contribution in [0.1, 0.15) is 29.5 Å². The van der Waals surface area contributed by atoms with E-state index in [0.717, 1.165) is 16.7 Å². The van der Waals surface area contributed by atoms with Gasteiger partial charge in [-0.3, -0.25) is 9.36 Å². The first-order valence-electron chi connectivity index (χ1n) is 10.2. The molecular formula is C23H26N4O5S. The number of hydrogen-bond donors (Lipinski definition) is 1. The normalized spacial score (nSPS) is 11.5. The molecule has 0 bridgehead atoms. The third-order valence-electron chi connectivity index (χ3n) is 4.92. The number of rotatable bonds is 9. The number of amides is 1. The fraction of sp³-hybridized carbons (Fsp3) is 0.304. The molecule has 0 aliphatic heterocycles. The number of hydrogen-bond acceptors (Lipinski definition) is 8. The molecule has 1 aromatic heterocycles. The first-order valence-corrected chi connectivity index (χ1v) is 11.4. The maximum atomic E-state index is 12.8. The molecule has 0 fully saturated rings. The summed E-state index contributed by atoms with van der Waals surface area (Å²) in [5.74, 6) is 0.740. The lowest BCUT2D eigenvalue weighted by atomic mass is 10.2. The van der Waals surface area contributed by atoms with Crippen LogP contribution >= 0.6 is 11.8 Å². The summed E-state index contributed by atoms with van der Waals surface area (Å²) in [7, 11) is 3.04. The molecular weight excluding hydrogens is 444 g/mol. The van der Waals surface area contributed by atoms with Gasteiger partial charge in [-0.05, 0) is 56.0 Å². The van der Waals surface area contributed by atoms with Crippen LogP contribution in [0.25, 0.3) is 5.69 Å². The number of nitrogens with zero attached hydrogens (tertiary/aromatic N) is 3. The summed E-state index contributed by atoms with van der Waals surface area (Å²) in [6, 6.07) is 11.9. The zero-order valence-electron chi connectivity index (χ0n) is 19.1. The SMILES string of the molecule is CCC(OC(=O)c1ccc(-n2c(C)nnc2SC)cc1)C(=O)Nc1ccc(OC)cc1OC. The average Bonchev–Trinajstić information content (AvgIpc) is 3.22. The van der Waals surface area contributed by atoms with Gasteiger partial charge >= 0.3 is 5.97 Å². The standard InChI is InChI=1S/C23H26N4O5S/c1-6-19(21(28)24-18-12-11-17(30-3)13-20(18)31-4)32-22(29)15-7-9-16(10-8-15)27-14(2)25-26-23(27)33-5/h7-13,19H,6H2,1-5H3,(H,24,28). The van der Waals surface area contributed by atoms with Crippen molar-refractivity contribution in [1.29, 1.82) is 0 Å². The lowest BCUT2D eigenvalue weighted by Gasteiger charge is -2.18. The van der Waals surface area contributed by atoms with Crippen molar-refractivity contribution in [2.45, 2.75) is 31.5 Å². The highest BCUT2D eigenvalue weighted by atomic mass is 32.2. The van der Waals surface area contributed by atoms with Crippen LogP contribution in [0.5, 0.6) is 11.5 Å². The van der Waals surface area contributed by atoms with Crippen molar-refractivity contribution in [2.24, 2.45) is 0 Å². The smallest absolute Gasteiger partial charge is 0.338 e. The summed E-state index contributed by atoms with van der Waals surface area (Å²) >= 11 is 1.48. The number of thioether (sulfide) groups is 1. The lowest BCUT2D eigenvalue weighted by molar-refractivity contribution is -0.124. The van der Waals surface area contributed by atoms with Crippen molar-refractivity contribution in [3.05, 3.63) is 53.9 Å². The average molecular weight is 471 g/mol. The van der Waals surface area contributed by atoms with E-state index < -0.39 is 18.0 Å². The van der Waals surface area contributed by atoms with E-state index >= 15 is 0 Å². The van der Waals surface area contributed by atoms with Crippen LogP contribution in [0.2, 0.25) is 0 Å². The van der Waals surface area contributed by atoms with E-state index in [1.807, 2.05) is 17.7 Å². The second-order valence-corrected chi connectivity index (χ2v) is 7.75. The highest BCUT2D eigenvalue weighted by Crippen LogP contribution is 2.29. The quantitative estimate of drug-likeness (QED) is 0.371. The highest BCUT2D eigenvalue weighted by Gasteiger charge is 2.23. The summed E-state index contributed by atoms with van der Waals surface area (Å²) in [5, 5.41) is 11.7. The lowest BCUT2D eigenvalue weighted by Crippen LogP contribution is -2.32. The number of aryl methyl sites for hydroxylation is 1. The molecule has 1 heterocycles. The fourth-order valence-corrected chi connectivity index (χ4v) is 3.70. The van der Waals surface area contributed by atoms with E-state index in [9.17, 15) is 9.59 Å². The van der Waals surface area contributed by atoms with Crippen LogP contribution in [0.15, 0.2) is 47.6 Å². The Morgan fingerprint density at radius 2 is 1.82 bits per heavy atom. The van der Waals surface area contributed by atoms with Crippen molar-refractivity contribution >= 4 is 29.3 Å². The maximum absolute atomic E-state index is 12.8. The molecule has 9 nitrogen and oxygen atoms in total. The molecule has 10 heteroatoms. The summed E-state index contributed by atoms with van der Waals surface area (Å²) in [4.78, 5) is 25.4. The van der Waals surface area contributed by atoms with Gasteiger partial charge in [-0.15, -0.1) is 10.2 Å². The summed E-state index contributed by atoms with van der Waals surface area (Å²) < 4.78 is 17.8. The highest BCUT2D eigenvalue weighted by molar-refractivity contribution is 7.98. The molecule has 1 N–H and O–H groups in total. The van der Waals surface area contributed by atoms with Crippen LogP contribution in [-0.2, 0) is 9.53 Å². The van der Waals surface area contributed by atoms with E-state index in [1.54, 1.807) is 56.5 Å². The maximum Gasteiger partial charge on any atom is 0.338 e. The van der Waals surface area contributed by atoms with Gasteiger partial charge in [0.2, 0.25) is 0 Å². The third kappa shape index (κ3) is 5.46. The minimum Gasteiger partial charge on any atom is -0.497 e. The Kier molecular flexibility index (Phi) is 7.94. The number of nitrogens with one attached hydrogen (secondary N) is 1. The molecule has 3 aromatic rings. The Labute approximate surface area is 196 Å². The molecule has 0 saturated heterocycles. The minimum atomic E-state index is -0.966. The van der Waals surface area contributed by atoms with Gasteiger partial charge in [0.05, 0.1) is 25.5 Å². The van der Waals surface area contributed by atoms with Crippen molar-refractivity contribution in [1.82, 2.24) is 14.8 Å². The van der Waals surface area contributed by atoms with Gasteiger partial charge in [-0.1, -0.05) is 18.7 Å². The Morgan fingerprint density at radius 1 is 1.09 bits per heavy atom. The molecule has 1 atom stereocenters. The van der Waals surface area contributed by atoms with Gasteiger partial charge in [0.1, 0.15) is 17.3 Å². The largest absolute Gasteiger partial charge is 0.497 e. The predicted molar refractivity (Wildman–Crippen MR) is 126 cm³/mol. The minimum absolute atomic E-state index is 0.311. The molecule has 0 aliphatic rings. The van der Waals surface area contributed by atoms with E-state index in [2.05, 4.69) is 15.5 Å². The van der Waals surface area contributed by atoms with Gasteiger partial charge in [0, 0.05) is 11.8 Å². The van der Waals surface area contributed by atoms with Gasteiger partial charge in [-0.25, -0.2) is 4.79 Å². The first kappa shape index (κ1) is 24.1.